The molecular weight excluding hydrogens is 446 g/mol. The number of carbonyl (C=O) groups is 1. The van der Waals surface area contributed by atoms with Crippen LogP contribution >= 0.6 is 11.8 Å². The van der Waals surface area contributed by atoms with Crippen molar-refractivity contribution in [3.63, 3.8) is 0 Å². The van der Waals surface area contributed by atoms with E-state index < -0.39 is 5.41 Å². The molecule has 2 aliphatic carbocycles. The molecule has 182 valence electrons. The molecule has 0 aromatic carbocycles. The number of ketones is 1. The van der Waals surface area contributed by atoms with Gasteiger partial charge in [-0.3, -0.25) is 4.79 Å². The maximum absolute atomic E-state index is 13.1. The maximum atomic E-state index is 13.1. The van der Waals surface area contributed by atoms with Crippen molar-refractivity contribution >= 4 is 23.4 Å². The summed E-state index contributed by atoms with van der Waals surface area (Å²) < 4.78 is 5.99. The zero-order valence-corrected chi connectivity index (χ0v) is 21.4. The molecule has 2 aliphatic heterocycles. The zero-order chi connectivity index (χ0) is 23.4. The van der Waals surface area contributed by atoms with E-state index in [0.717, 1.165) is 79.4 Å². The first kappa shape index (κ1) is 22.5. The second kappa shape index (κ2) is 8.63. The molecule has 0 radical (unpaired) electrons. The summed E-state index contributed by atoms with van der Waals surface area (Å²) in [7, 11) is 2.24. The fourth-order valence-corrected chi connectivity index (χ4v) is 7.66. The van der Waals surface area contributed by atoms with Crippen molar-refractivity contribution in [3.8, 4) is 11.5 Å². The Kier molecular flexibility index (Phi) is 5.72. The van der Waals surface area contributed by atoms with Gasteiger partial charge in [-0.15, -0.1) is 11.8 Å². The number of aromatic nitrogens is 3. The zero-order valence-electron chi connectivity index (χ0n) is 20.6. The smallest absolute Gasteiger partial charge is 0.185 e. The number of anilines is 1. The fraction of sp³-hybridized carbons (Fsp3) is 0.692. The van der Waals surface area contributed by atoms with Gasteiger partial charge < -0.3 is 14.3 Å². The van der Waals surface area contributed by atoms with Gasteiger partial charge in [-0.05, 0) is 78.1 Å². The Morgan fingerprint density at radius 1 is 1.06 bits per heavy atom. The molecule has 1 saturated carbocycles. The highest BCUT2D eigenvalue weighted by Crippen LogP contribution is 2.48. The van der Waals surface area contributed by atoms with Crippen molar-refractivity contribution in [2.45, 2.75) is 93.7 Å². The van der Waals surface area contributed by atoms with E-state index in [1.54, 1.807) is 11.8 Å². The van der Waals surface area contributed by atoms with Gasteiger partial charge in [-0.25, -0.2) is 9.97 Å². The van der Waals surface area contributed by atoms with Crippen LogP contribution in [0.1, 0.15) is 75.2 Å². The summed E-state index contributed by atoms with van der Waals surface area (Å²) in [6.45, 7) is 4.51. The highest BCUT2D eigenvalue weighted by molar-refractivity contribution is 7.98. The molecule has 4 heterocycles. The lowest BCUT2D eigenvalue weighted by Gasteiger charge is -2.36. The lowest BCUT2D eigenvalue weighted by Crippen LogP contribution is -2.46. The van der Waals surface area contributed by atoms with Crippen LogP contribution < -0.4 is 4.90 Å². The van der Waals surface area contributed by atoms with E-state index in [9.17, 15) is 4.79 Å². The Hall–Kier alpha value is -1.93. The number of rotatable bonds is 4. The molecule has 1 saturated heterocycles. The molecule has 8 heteroatoms. The van der Waals surface area contributed by atoms with E-state index in [4.69, 9.17) is 14.5 Å². The third-order valence-electron chi connectivity index (χ3n) is 8.90. The Labute approximate surface area is 206 Å². The second-order valence-electron chi connectivity index (χ2n) is 10.6. The topological polar surface area (TPSA) is 75.4 Å². The standard InChI is InChI=1S/C26H35N5O2S/c1-16(19-9-7-14-30(19)2)31-15-11-18-24(31)27-23(28-25(18)34-3)21-17-8-6-13-26(22(17)33-29-21)12-5-4-10-20(26)32/h16,19H,4-15H2,1-3H3/t16?,19-,26+/m0/s1. The number of thioether (sulfide) groups is 1. The first-order valence-electron chi connectivity index (χ1n) is 13.0. The van der Waals surface area contributed by atoms with Gasteiger partial charge in [0.25, 0.3) is 0 Å². The summed E-state index contributed by atoms with van der Waals surface area (Å²) >= 11 is 1.69. The Balaban J connectivity index is 1.41. The van der Waals surface area contributed by atoms with E-state index in [2.05, 4.69) is 35.2 Å². The number of nitrogens with zero attached hydrogens (tertiary/aromatic N) is 5. The third-order valence-corrected chi connectivity index (χ3v) is 9.62. The summed E-state index contributed by atoms with van der Waals surface area (Å²) in [6, 6.07) is 0.958. The number of likely N-dealkylation sites (N-methyl/N-ethyl adjacent to an activating group) is 1. The third kappa shape index (κ3) is 3.35. The highest BCUT2D eigenvalue weighted by Gasteiger charge is 2.48. The average molecular weight is 482 g/mol. The largest absolute Gasteiger partial charge is 0.359 e. The van der Waals surface area contributed by atoms with Crippen LogP contribution in [-0.2, 0) is 23.1 Å². The first-order valence-corrected chi connectivity index (χ1v) is 14.2. The number of hydrogen-bond acceptors (Lipinski definition) is 8. The SMILES string of the molecule is CSc1nc(-c2noc3c2CCC[C@@]32CCCCC2=O)nc2c1CCN2C(C)[C@@H]1CCCN1C. The molecule has 7 nitrogen and oxygen atoms in total. The summed E-state index contributed by atoms with van der Waals surface area (Å²) in [5, 5.41) is 5.57. The molecule has 4 aliphatic rings. The molecule has 2 aromatic heterocycles. The number of likely N-dealkylation sites (tertiary alicyclic amines) is 1. The van der Waals surface area contributed by atoms with Crippen molar-refractivity contribution in [3.05, 3.63) is 16.9 Å². The fourth-order valence-electron chi connectivity index (χ4n) is 7.04. The number of hydrogen-bond donors (Lipinski definition) is 0. The van der Waals surface area contributed by atoms with Crippen LogP contribution in [0, 0.1) is 0 Å². The van der Waals surface area contributed by atoms with Crippen LogP contribution in [0.2, 0.25) is 0 Å². The van der Waals surface area contributed by atoms with Crippen molar-refractivity contribution in [2.24, 2.45) is 0 Å². The van der Waals surface area contributed by atoms with Gasteiger partial charge in [-0.1, -0.05) is 11.6 Å². The highest BCUT2D eigenvalue weighted by atomic mass is 32.2. The van der Waals surface area contributed by atoms with Gasteiger partial charge in [0.15, 0.2) is 17.3 Å². The van der Waals surface area contributed by atoms with Crippen molar-refractivity contribution < 1.29 is 9.32 Å². The van der Waals surface area contributed by atoms with E-state index in [0.29, 0.717) is 30.1 Å². The minimum Gasteiger partial charge on any atom is -0.359 e. The summed E-state index contributed by atoms with van der Waals surface area (Å²) in [5.74, 6) is 2.87. The molecule has 6 rings (SSSR count). The van der Waals surface area contributed by atoms with E-state index in [1.807, 2.05) is 0 Å². The number of fused-ring (bicyclic) bond motifs is 3. The first-order chi connectivity index (χ1) is 16.5. The van der Waals surface area contributed by atoms with Gasteiger partial charge in [0, 0.05) is 36.2 Å². The lowest BCUT2D eigenvalue weighted by molar-refractivity contribution is -0.128. The van der Waals surface area contributed by atoms with Gasteiger partial charge in [0.1, 0.15) is 16.6 Å². The molecule has 1 unspecified atom stereocenters. The Bertz CT molecular complexity index is 1120. The lowest BCUT2D eigenvalue weighted by atomic mass is 9.64. The Morgan fingerprint density at radius 2 is 1.91 bits per heavy atom. The van der Waals surface area contributed by atoms with Crippen molar-refractivity contribution in [1.29, 1.82) is 0 Å². The van der Waals surface area contributed by atoms with E-state index >= 15 is 0 Å². The van der Waals surface area contributed by atoms with Gasteiger partial charge >= 0.3 is 0 Å². The number of carbonyl (C=O) groups excluding carboxylic acids is 1. The molecule has 2 fully saturated rings. The van der Waals surface area contributed by atoms with Crippen molar-refractivity contribution in [1.82, 2.24) is 20.0 Å². The molecule has 34 heavy (non-hydrogen) atoms. The van der Waals surface area contributed by atoms with Crippen LogP contribution in [-0.4, -0.2) is 64.3 Å². The molecule has 0 bridgehead atoms. The number of Topliss-reactive ketones (excluding diaryl/α,β-unsaturated/α-hetero) is 1. The monoisotopic (exact) mass is 481 g/mol. The van der Waals surface area contributed by atoms with Crippen LogP contribution in [0.3, 0.4) is 0 Å². The van der Waals surface area contributed by atoms with E-state index in [-0.39, 0.29) is 0 Å². The van der Waals surface area contributed by atoms with Gasteiger partial charge in [0.2, 0.25) is 0 Å². The minimum atomic E-state index is -0.468. The van der Waals surface area contributed by atoms with Crippen LogP contribution in [0.5, 0.6) is 0 Å². The molecule has 3 atom stereocenters. The van der Waals surface area contributed by atoms with Gasteiger partial charge in [-0.2, -0.15) is 0 Å². The average Bonchev–Trinajstić information content (AvgIpc) is 3.58. The normalized spacial score (nSPS) is 27.9. The quantitative estimate of drug-likeness (QED) is 0.469. The Morgan fingerprint density at radius 3 is 2.68 bits per heavy atom. The summed E-state index contributed by atoms with van der Waals surface area (Å²) in [4.78, 5) is 28.2. The predicted octanol–water partition coefficient (Wildman–Crippen LogP) is 4.42. The summed E-state index contributed by atoms with van der Waals surface area (Å²) in [5.41, 5.74) is 2.62. The molecule has 2 aromatic rings. The molecule has 0 N–H and O–H groups in total. The van der Waals surface area contributed by atoms with Crippen molar-refractivity contribution in [2.75, 3.05) is 31.3 Å². The molecular formula is C26H35N5O2S. The van der Waals surface area contributed by atoms with Gasteiger partial charge in [0.05, 0.1) is 5.41 Å². The molecule has 1 spiro atoms. The second-order valence-corrected chi connectivity index (χ2v) is 11.4. The summed E-state index contributed by atoms with van der Waals surface area (Å²) in [6.07, 6.45) is 12.0. The van der Waals surface area contributed by atoms with Crippen LogP contribution in [0.15, 0.2) is 9.55 Å². The molecule has 0 amide bonds. The minimum absolute atomic E-state index is 0.336. The van der Waals surface area contributed by atoms with Crippen LogP contribution in [0.25, 0.3) is 11.5 Å². The predicted molar refractivity (Wildman–Crippen MR) is 134 cm³/mol. The van der Waals surface area contributed by atoms with Crippen LogP contribution in [0.4, 0.5) is 5.82 Å². The van der Waals surface area contributed by atoms with E-state index in [1.165, 1.54) is 24.9 Å². The maximum Gasteiger partial charge on any atom is 0.185 e.